The highest BCUT2D eigenvalue weighted by Gasteiger charge is 2.36. The van der Waals surface area contributed by atoms with Gasteiger partial charge in [0, 0.05) is 19.1 Å². The van der Waals surface area contributed by atoms with Crippen LogP contribution in [-0.4, -0.2) is 62.9 Å². The van der Waals surface area contributed by atoms with Gasteiger partial charge < -0.3 is 38.1 Å². The highest BCUT2D eigenvalue weighted by Crippen LogP contribution is 2.37. The van der Waals surface area contributed by atoms with Gasteiger partial charge in [0.2, 0.25) is 13.6 Å². The van der Waals surface area contributed by atoms with Crippen LogP contribution >= 0.6 is 0 Å². The first kappa shape index (κ1) is 24.4. The normalized spacial score (nSPS) is 16.6. The van der Waals surface area contributed by atoms with Crippen LogP contribution in [0.4, 0.5) is 0 Å². The van der Waals surface area contributed by atoms with Gasteiger partial charge >= 0.3 is 5.97 Å². The molecule has 3 aliphatic rings. The first-order valence-corrected chi connectivity index (χ1v) is 12.6. The van der Waals surface area contributed by atoms with E-state index in [1.165, 1.54) is 26.2 Å². The number of benzene rings is 2. The van der Waals surface area contributed by atoms with Crippen LogP contribution in [0.15, 0.2) is 36.4 Å². The van der Waals surface area contributed by atoms with Gasteiger partial charge in [0.05, 0.1) is 0 Å². The van der Waals surface area contributed by atoms with Crippen LogP contribution in [0.25, 0.3) is 0 Å². The highest BCUT2D eigenvalue weighted by molar-refractivity contribution is 5.66. The third kappa shape index (κ3) is 6.07. The number of hydrogen-bond donors (Lipinski definition) is 0. The lowest BCUT2D eigenvalue weighted by Gasteiger charge is -2.34. The molecule has 0 saturated carbocycles. The van der Waals surface area contributed by atoms with E-state index < -0.39 is 5.60 Å². The first-order chi connectivity index (χ1) is 17.6. The molecular formula is C27H33NO8. The molecular weight excluding hydrogens is 466 g/mol. The van der Waals surface area contributed by atoms with E-state index >= 15 is 0 Å². The minimum Gasteiger partial charge on any atom is -0.489 e. The van der Waals surface area contributed by atoms with Gasteiger partial charge in [-0.25, -0.2) is 0 Å². The number of nitrogens with zero attached hydrogens (tertiary/aromatic N) is 1. The zero-order chi connectivity index (χ0) is 24.8. The van der Waals surface area contributed by atoms with Crippen molar-refractivity contribution < 1.29 is 38.0 Å². The molecule has 0 unspecified atom stereocenters. The Labute approximate surface area is 211 Å². The zero-order valence-electron chi connectivity index (χ0n) is 20.7. The van der Waals surface area contributed by atoms with E-state index in [4.69, 9.17) is 33.2 Å². The average molecular weight is 500 g/mol. The summed E-state index contributed by atoms with van der Waals surface area (Å²) in [7, 11) is 0. The molecule has 3 heterocycles. The van der Waals surface area contributed by atoms with E-state index in [0.717, 1.165) is 26.1 Å². The standard InChI is InChI=1S/C27H33NO8/c1-20(29)36-27(10-5-13-28-11-3-2-4-12-28,16-30-21-6-8-23-25(14-21)34-18-32-23)17-31-22-7-9-24-26(15-22)35-19-33-24/h6-9,14-15H,2-5,10-13,16-19H2,1H3. The molecule has 0 aliphatic carbocycles. The molecule has 9 nitrogen and oxygen atoms in total. The third-order valence-electron chi connectivity index (χ3n) is 6.61. The predicted octanol–water partition coefficient (Wildman–Crippen LogP) is 4.17. The highest BCUT2D eigenvalue weighted by atomic mass is 16.7. The summed E-state index contributed by atoms with van der Waals surface area (Å²) in [4.78, 5) is 14.7. The Morgan fingerprint density at radius 1 is 0.833 bits per heavy atom. The number of piperidine rings is 1. The lowest BCUT2D eigenvalue weighted by molar-refractivity contribution is -0.166. The van der Waals surface area contributed by atoms with Crippen molar-refractivity contribution in [2.45, 2.75) is 44.6 Å². The number of rotatable bonds is 11. The molecule has 36 heavy (non-hydrogen) atoms. The molecule has 0 spiro atoms. The summed E-state index contributed by atoms with van der Waals surface area (Å²) in [6.07, 6.45) is 5.20. The summed E-state index contributed by atoms with van der Waals surface area (Å²) >= 11 is 0. The molecule has 2 aromatic rings. The van der Waals surface area contributed by atoms with Crippen molar-refractivity contribution in [1.82, 2.24) is 4.90 Å². The maximum Gasteiger partial charge on any atom is 0.303 e. The SMILES string of the molecule is CC(=O)OC(CCCN1CCCCC1)(COc1ccc2c(c1)OCO2)COc1ccc2c(c1)OCO2. The van der Waals surface area contributed by atoms with Gasteiger partial charge in [-0.2, -0.15) is 0 Å². The van der Waals surface area contributed by atoms with Crippen molar-refractivity contribution in [2.75, 3.05) is 46.4 Å². The minimum atomic E-state index is -0.978. The first-order valence-electron chi connectivity index (χ1n) is 12.6. The van der Waals surface area contributed by atoms with Crippen LogP contribution in [0.3, 0.4) is 0 Å². The van der Waals surface area contributed by atoms with Crippen molar-refractivity contribution in [2.24, 2.45) is 0 Å². The lowest BCUT2D eigenvalue weighted by Crippen LogP contribution is -2.47. The second-order valence-corrected chi connectivity index (χ2v) is 9.39. The Morgan fingerprint density at radius 2 is 1.39 bits per heavy atom. The minimum absolute atomic E-state index is 0.136. The second kappa shape index (κ2) is 11.2. The van der Waals surface area contributed by atoms with Gasteiger partial charge in [-0.05, 0) is 69.6 Å². The molecule has 1 fully saturated rings. The fraction of sp³-hybridized carbons (Fsp3) is 0.519. The van der Waals surface area contributed by atoms with Crippen molar-refractivity contribution in [1.29, 1.82) is 0 Å². The topological polar surface area (TPSA) is 84.9 Å². The van der Waals surface area contributed by atoms with Gasteiger partial charge in [-0.3, -0.25) is 4.79 Å². The molecule has 5 rings (SSSR count). The zero-order valence-corrected chi connectivity index (χ0v) is 20.7. The van der Waals surface area contributed by atoms with Crippen LogP contribution in [-0.2, 0) is 9.53 Å². The van der Waals surface area contributed by atoms with Crippen LogP contribution in [0.2, 0.25) is 0 Å². The predicted molar refractivity (Wildman–Crippen MR) is 130 cm³/mol. The summed E-state index contributed by atoms with van der Waals surface area (Å²) in [6.45, 7) is 5.24. The molecule has 9 heteroatoms. The molecule has 3 aliphatic heterocycles. The molecule has 0 aromatic heterocycles. The summed E-state index contributed by atoms with van der Waals surface area (Å²) in [6, 6.07) is 10.8. The smallest absolute Gasteiger partial charge is 0.303 e. The maximum absolute atomic E-state index is 12.2. The van der Waals surface area contributed by atoms with Crippen molar-refractivity contribution in [3.05, 3.63) is 36.4 Å². The molecule has 194 valence electrons. The molecule has 0 amide bonds. The Morgan fingerprint density at radius 3 is 1.94 bits per heavy atom. The van der Waals surface area contributed by atoms with Crippen molar-refractivity contribution in [3.63, 3.8) is 0 Å². The van der Waals surface area contributed by atoms with Crippen LogP contribution in [0, 0.1) is 0 Å². The summed E-state index contributed by atoms with van der Waals surface area (Å²) in [5, 5.41) is 0. The molecule has 1 saturated heterocycles. The van der Waals surface area contributed by atoms with E-state index in [2.05, 4.69) is 4.90 Å². The summed E-state index contributed by atoms with van der Waals surface area (Å²) in [5.74, 6) is 3.46. The van der Waals surface area contributed by atoms with Gasteiger partial charge in [0.15, 0.2) is 28.6 Å². The number of carbonyl (C=O) groups excluding carboxylic acids is 1. The molecule has 0 radical (unpaired) electrons. The summed E-state index contributed by atoms with van der Waals surface area (Å²) < 4.78 is 40.0. The van der Waals surface area contributed by atoms with Crippen molar-refractivity contribution >= 4 is 5.97 Å². The van der Waals surface area contributed by atoms with E-state index in [1.807, 2.05) is 24.3 Å². The van der Waals surface area contributed by atoms with Gasteiger partial charge in [0.1, 0.15) is 24.7 Å². The van der Waals surface area contributed by atoms with Gasteiger partial charge in [-0.1, -0.05) is 6.42 Å². The van der Waals surface area contributed by atoms with E-state index in [9.17, 15) is 4.79 Å². The fourth-order valence-corrected chi connectivity index (χ4v) is 4.77. The monoisotopic (exact) mass is 499 g/mol. The Hall–Kier alpha value is -3.33. The van der Waals surface area contributed by atoms with Crippen LogP contribution in [0.1, 0.15) is 39.0 Å². The number of likely N-dealkylation sites (tertiary alicyclic amines) is 1. The lowest BCUT2D eigenvalue weighted by atomic mass is 9.98. The van der Waals surface area contributed by atoms with E-state index in [0.29, 0.717) is 40.9 Å². The molecule has 0 atom stereocenters. The number of fused-ring (bicyclic) bond motifs is 2. The number of carbonyl (C=O) groups is 1. The maximum atomic E-state index is 12.2. The molecule has 0 bridgehead atoms. The van der Waals surface area contributed by atoms with Crippen LogP contribution < -0.4 is 28.4 Å². The second-order valence-electron chi connectivity index (χ2n) is 9.39. The van der Waals surface area contributed by atoms with E-state index in [1.54, 1.807) is 12.1 Å². The number of hydrogen-bond acceptors (Lipinski definition) is 9. The quantitative estimate of drug-likeness (QED) is 0.423. The van der Waals surface area contributed by atoms with Gasteiger partial charge in [-0.15, -0.1) is 0 Å². The Balaban J connectivity index is 1.30. The number of esters is 1. The molecule has 0 N–H and O–H groups in total. The Kier molecular flexibility index (Phi) is 7.55. The third-order valence-corrected chi connectivity index (χ3v) is 6.61. The Bertz CT molecular complexity index is 991. The largest absolute Gasteiger partial charge is 0.489 e. The fourth-order valence-electron chi connectivity index (χ4n) is 4.77. The molecule has 2 aromatic carbocycles. The van der Waals surface area contributed by atoms with E-state index in [-0.39, 0.29) is 32.8 Å². The van der Waals surface area contributed by atoms with Crippen LogP contribution in [0.5, 0.6) is 34.5 Å². The average Bonchev–Trinajstić information content (AvgIpc) is 3.55. The number of ether oxygens (including phenoxy) is 7. The van der Waals surface area contributed by atoms with Crippen molar-refractivity contribution in [3.8, 4) is 34.5 Å². The summed E-state index contributed by atoms with van der Waals surface area (Å²) in [5.41, 5.74) is -0.978. The van der Waals surface area contributed by atoms with Gasteiger partial charge in [0.25, 0.3) is 0 Å².